The van der Waals surface area contributed by atoms with Gasteiger partial charge in [-0.25, -0.2) is 9.97 Å². The van der Waals surface area contributed by atoms with Gasteiger partial charge in [-0.1, -0.05) is 18.2 Å². The summed E-state index contributed by atoms with van der Waals surface area (Å²) in [7, 11) is 0. The number of thioether (sulfide) groups is 1. The van der Waals surface area contributed by atoms with E-state index in [2.05, 4.69) is 15.3 Å². The molecule has 3 atom stereocenters. The maximum absolute atomic E-state index is 12.0. The number of aromatic nitrogens is 2. The Labute approximate surface area is 124 Å². The van der Waals surface area contributed by atoms with Crippen molar-refractivity contribution in [3.05, 3.63) is 17.5 Å². The van der Waals surface area contributed by atoms with Gasteiger partial charge in [-0.2, -0.15) is 0 Å². The highest BCUT2D eigenvalue weighted by molar-refractivity contribution is 7.99. The molecular weight excluding hydrogens is 270 g/mol. The minimum absolute atomic E-state index is 0.121. The van der Waals surface area contributed by atoms with Crippen molar-refractivity contribution in [1.29, 1.82) is 0 Å². The molecule has 2 aliphatic rings. The van der Waals surface area contributed by atoms with Crippen LogP contribution in [-0.2, 0) is 4.79 Å². The molecule has 5 heteroatoms. The highest BCUT2D eigenvalue weighted by Gasteiger charge is 2.39. The lowest BCUT2D eigenvalue weighted by Gasteiger charge is -2.22. The zero-order valence-electron chi connectivity index (χ0n) is 12.1. The van der Waals surface area contributed by atoms with E-state index in [4.69, 9.17) is 0 Å². The predicted octanol–water partition coefficient (Wildman–Crippen LogP) is 2.49. The fraction of sp³-hybridized carbons (Fsp3) is 0.667. The maximum atomic E-state index is 12.0. The number of carbonyl (C=O) groups is 1. The first kappa shape index (κ1) is 13.9. The van der Waals surface area contributed by atoms with Gasteiger partial charge >= 0.3 is 0 Å². The molecule has 1 heterocycles. The quantitative estimate of drug-likeness (QED) is 0.684. The Kier molecular flexibility index (Phi) is 3.96. The van der Waals surface area contributed by atoms with Gasteiger partial charge < -0.3 is 5.32 Å². The van der Waals surface area contributed by atoms with E-state index in [9.17, 15) is 4.79 Å². The van der Waals surface area contributed by atoms with Crippen molar-refractivity contribution in [1.82, 2.24) is 15.3 Å². The van der Waals surface area contributed by atoms with Crippen LogP contribution in [0.2, 0.25) is 0 Å². The Morgan fingerprint density at radius 2 is 2.05 bits per heavy atom. The van der Waals surface area contributed by atoms with E-state index in [0.717, 1.165) is 23.2 Å². The van der Waals surface area contributed by atoms with E-state index in [1.807, 2.05) is 19.9 Å². The number of hydrogen-bond acceptors (Lipinski definition) is 4. The third-order valence-electron chi connectivity index (χ3n) is 4.38. The van der Waals surface area contributed by atoms with Crippen LogP contribution in [0, 0.1) is 25.7 Å². The molecule has 108 valence electrons. The van der Waals surface area contributed by atoms with Crippen LogP contribution in [0.1, 0.15) is 37.1 Å². The molecule has 2 aliphatic carbocycles. The lowest BCUT2D eigenvalue weighted by atomic mass is 9.95. The zero-order valence-corrected chi connectivity index (χ0v) is 12.9. The normalized spacial score (nSPS) is 27.8. The minimum atomic E-state index is 0.121. The molecule has 4 nitrogen and oxygen atoms in total. The topological polar surface area (TPSA) is 54.9 Å². The average molecular weight is 291 g/mol. The van der Waals surface area contributed by atoms with Crippen molar-refractivity contribution < 1.29 is 4.79 Å². The van der Waals surface area contributed by atoms with Crippen LogP contribution < -0.4 is 5.32 Å². The number of amides is 1. The van der Waals surface area contributed by atoms with Gasteiger partial charge in [-0.3, -0.25) is 4.79 Å². The molecule has 0 aliphatic heterocycles. The molecule has 0 radical (unpaired) electrons. The molecule has 2 bridgehead atoms. The average Bonchev–Trinajstić information content (AvgIpc) is 2.97. The molecular formula is C15H21N3OS. The second-order valence-electron chi connectivity index (χ2n) is 6.07. The number of nitrogens with one attached hydrogen (secondary N) is 1. The Balaban J connectivity index is 1.49. The summed E-state index contributed by atoms with van der Waals surface area (Å²) in [6.45, 7) is 3.90. The third kappa shape index (κ3) is 3.14. The third-order valence-corrected chi connectivity index (χ3v) is 5.23. The van der Waals surface area contributed by atoms with E-state index < -0.39 is 0 Å². The van der Waals surface area contributed by atoms with Gasteiger partial charge in [0.05, 0.1) is 5.75 Å². The molecule has 1 aromatic rings. The molecule has 0 aromatic carbocycles. The van der Waals surface area contributed by atoms with Crippen molar-refractivity contribution in [2.45, 2.75) is 50.7 Å². The largest absolute Gasteiger partial charge is 0.352 e. The van der Waals surface area contributed by atoms with Gasteiger partial charge in [0.15, 0.2) is 5.16 Å². The molecule has 0 unspecified atom stereocenters. The fourth-order valence-electron chi connectivity index (χ4n) is 3.56. The van der Waals surface area contributed by atoms with Crippen LogP contribution in [0.4, 0.5) is 0 Å². The van der Waals surface area contributed by atoms with Crippen molar-refractivity contribution in [2.24, 2.45) is 11.8 Å². The highest BCUT2D eigenvalue weighted by Crippen LogP contribution is 2.44. The number of carbonyl (C=O) groups excluding carboxylic acids is 1. The van der Waals surface area contributed by atoms with Gasteiger partial charge in [-0.15, -0.1) is 0 Å². The molecule has 0 spiro atoms. The summed E-state index contributed by atoms with van der Waals surface area (Å²) in [5, 5.41) is 3.89. The summed E-state index contributed by atoms with van der Waals surface area (Å²) in [4.78, 5) is 20.7. The lowest BCUT2D eigenvalue weighted by Crippen LogP contribution is -2.39. The monoisotopic (exact) mass is 291 g/mol. The van der Waals surface area contributed by atoms with Gasteiger partial charge in [-0.05, 0) is 51.0 Å². The van der Waals surface area contributed by atoms with E-state index in [1.165, 1.54) is 37.4 Å². The summed E-state index contributed by atoms with van der Waals surface area (Å²) in [6, 6.07) is 2.36. The number of rotatable bonds is 4. The van der Waals surface area contributed by atoms with Gasteiger partial charge in [0.25, 0.3) is 0 Å². The molecule has 20 heavy (non-hydrogen) atoms. The Hall–Kier alpha value is -1.10. The molecule has 1 aromatic heterocycles. The van der Waals surface area contributed by atoms with Crippen molar-refractivity contribution in [2.75, 3.05) is 5.75 Å². The predicted molar refractivity (Wildman–Crippen MR) is 79.6 cm³/mol. The second kappa shape index (κ2) is 5.72. The van der Waals surface area contributed by atoms with Crippen LogP contribution in [0.15, 0.2) is 11.2 Å². The summed E-state index contributed by atoms with van der Waals surface area (Å²) in [5.41, 5.74) is 1.90. The zero-order chi connectivity index (χ0) is 14.1. The van der Waals surface area contributed by atoms with Gasteiger partial charge in [0, 0.05) is 17.4 Å². The first-order chi connectivity index (χ1) is 9.60. The summed E-state index contributed by atoms with van der Waals surface area (Å²) in [6.07, 6.45) is 5.16. The van der Waals surface area contributed by atoms with Crippen molar-refractivity contribution in [3.63, 3.8) is 0 Å². The number of aryl methyl sites for hydroxylation is 2. The molecule has 1 N–H and O–H groups in total. The smallest absolute Gasteiger partial charge is 0.230 e. The molecule has 2 saturated carbocycles. The summed E-state index contributed by atoms with van der Waals surface area (Å²) in [5.74, 6) is 2.12. The standard InChI is InChI=1S/C15H21N3OS/c1-9-5-10(2)17-15(16-9)20-8-14(19)18-13-7-11-3-4-12(13)6-11/h5,11-13H,3-4,6-8H2,1-2H3,(H,18,19)/t11-,12-,13-/m0/s1. The molecule has 1 amide bonds. The van der Waals surface area contributed by atoms with E-state index >= 15 is 0 Å². The summed E-state index contributed by atoms with van der Waals surface area (Å²) >= 11 is 1.43. The van der Waals surface area contributed by atoms with Crippen molar-refractivity contribution >= 4 is 17.7 Å². The van der Waals surface area contributed by atoms with Crippen LogP contribution in [-0.4, -0.2) is 27.7 Å². The second-order valence-corrected chi connectivity index (χ2v) is 7.01. The summed E-state index contributed by atoms with van der Waals surface area (Å²) < 4.78 is 0. The molecule has 2 fully saturated rings. The van der Waals surface area contributed by atoms with Crippen LogP contribution in [0.5, 0.6) is 0 Å². The van der Waals surface area contributed by atoms with Crippen molar-refractivity contribution in [3.8, 4) is 0 Å². The molecule has 3 rings (SSSR count). The van der Waals surface area contributed by atoms with Crippen LogP contribution in [0.25, 0.3) is 0 Å². The Bertz CT molecular complexity index is 500. The van der Waals surface area contributed by atoms with E-state index in [0.29, 0.717) is 17.0 Å². The molecule has 0 saturated heterocycles. The highest BCUT2D eigenvalue weighted by atomic mass is 32.2. The first-order valence-corrected chi connectivity index (χ1v) is 8.33. The van der Waals surface area contributed by atoms with Gasteiger partial charge in [0.2, 0.25) is 5.91 Å². The van der Waals surface area contributed by atoms with Crippen LogP contribution >= 0.6 is 11.8 Å². The van der Waals surface area contributed by atoms with Gasteiger partial charge in [0.1, 0.15) is 0 Å². The SMILES string of the molecule is Cc1cc(C)nc(SCC(=O)N[C@H]2C[C@H]3CC[C@H]2C3)n1. The Morgan fingerprint density at radius 3 is 2.65 bits per heavy atom. The number of nitrogens with zero attached hydrogens (tertiary/aromatic N) is 2. The first-order valence-electron chi connectivity index (χ1n) is 7.34. The Morgan fingerprint density at radius 1 is 1.30 bits per heavy atom. The lowest BCUT2D eigenvalue weighted by molar-refractivity contribution is -0.119. The maximum Gasteiger partial charge on any atom is 0.230 e. The van der Waals surface area contributed by atoms with E-state index in [1.54, 1.807) is 0 Å². The number of fused-ring (bicyclic) bond motifs is 2. The van der Waals surface area contributed by atoms with E-state index in [-0.39, 0.29) is 5.91 Å². The van der Waals surface area contributed by atoms with Crippen LogP contribution in [0.3, 0.4) is 0 Å². The number of hydrogen-bond donors (Lipinski definition) is 1. The minimum Gasteiger partial charge on any atom is -0.352 e. The fourth-order valence-corrected chi connectivity index (χ4v) is 4.32.